The van der Waals surface area contributed by atoms with Gasteiger partial charge in [0.1, 0.15) is 0 Å². The fourth-order valence-electron chi connectivity index (χ4n) is 1.88. The molecule has 4 nitrogen and oxygen atoms in total. The largest absolute Gasteiger partial charge is 0.481 e. The first-order valence-electron chi connectivity index (χ1n) is 6.07. The number of halogens is 1. The minimum Gasteiger partial charge on any atom is -0.481 e. The highest BCUT2D eigenvalue weighted by Gasteiger charge is 2.34. The van der Waals surface area contributed by atoms with Crippen molar-refractivity contribution in [2.75, 3.05) is 6.54 Å². The summed E-state index contributed by atoms with van der Waals surface area (Å²) in [5, 5.41) is 12.5. The monoisotopic (exact) mass is 314 g/mol. The van der Waals surface area contributed by atoms with Gasteiger partial charge in [-0.2, -0.15) is 0 Å². The van der Waals surface area contributed by atoms with Crippen molar-refractivity contribution >= 4 is 21.9 Å². The van der Waals surface area contributed by atoms with Crippen molar-refractivity contribution in [2.24, 2.45) is 5.41 Å². The third-order valence-electron chi connectivity index (χ3n) is 3.36. The molecule has 1 aromatic rings. The Bertz CT molecular complexity index is 406. The van der Waals surface area contributed by atoms with E-state index in [0.29, 0.717) is 25.9 Å². The summed E-state index contributed by atoms with van der Waals surface area (Å²) >= 11 is 3.36. The van der Waals surface area contributed by atoms with Crippen molar-refractivity contribution in [3.05, 3.63) is 28.5 Å². The summed E-state index contributed by atoms with van der Waals surface area (Å²) in [6, 6.07) is 1.97. The predicted octanol–water partition coefficient (Wildman–Crippen LogP) is 2.82. The first-order chi connectivity index (χ1) is 8.54. The van der Waals surface area contributed by atoms with Gasteiger partial charge in [-0.1, -0.05) is 13.8 Å². The van der Waals surface area contributed by atoms with Crippen LogP contribution in [0, 0.1) is 5.41 Å². The summed E-state index contributed by atoms with van der Waals surface area (Å²) in [5.41, 5.74) is 0.371. The minimum atomic E-state index is -0.729. The molecule has 0 spiro atoms. The number of carboxylic acids is 1. The second-order valence-electron chi connectivity index (χ2n) is 4.41. The summed E-state index contributed by atoms with van der Waals surface area (Å²) in [7, 11) is 0. The van der Waals surface area contributed by atoms with E-state index in [1.807, 2.05) is 19.9 Å². The van der Waals surface area contributed by atoms with Crippen LogP contribution in [0.1, 0.15) is 32.3 Å². The van der Waals surface area contributed by atoms with E-state index in [0.717, 1.165) is 10.0 Å². The van der Waals surface area contributed by atoms with Crippen LogP contribution in [0.15, 0.2) is 22.9 Å². The van der Waals surface area contributed by atoms with Crippen LogP contribution in [0.4, 0.5) is 0 Å². The van der Waals surface area contributed by atoms with Crippen molar-refractivity contribution < 1.29 is 9.90 Å². The van der Waals surface area contributed by atoms with Gasteiger partial charge in [0.25, 0.3) is 0 Å². The lowest BCUT2D eigenvalue weighted by Crippen LogP contribution is -2.40. The number of rotatable bonds is 7. The maximum absolute atomic E-state index is 11.3. The SMILES string of the molecule is CCC(CC)(CNCc1cncc(Br)c1)C(=O)O. The van der Waals surface area contributed by atoms with E-state index in [9.17, 15) is 9.90 Å². The lowest BCUT2D eigenvalue weighted by atomic mass is 9.82. The number of aliphatic carboxylic acids is 1. The number of aromatic nitrogens is 1. The highest BCUT2D eigenvalue weighted by molar-refractivity contribution is 9.10. The third-order valence-corrected chi connectivity index (χ3v) is 3.79. The molecule has 0 saturated carbocycles. The van der Waals surface area contributed by atoms with Crippen LogP contribution in [0.5, 0.6) is 0 Å². The molecule has 0 fully saturated rings. The molecule has 100 valence electrons. The standard InChI is InChI=1S/C13H19BrN2O2/c1-3-13(4-2,12(17)18)9-16-7-10-5-11(14)8-15-6-10/h5-6,8,16H,3-4,7,9H2,1-2H3,(H,17,18). The maximum Gasteiger partial charge on any atom is 0.310 e. The molecule has 0 amide bonds. The van der Waals surface area contributed by atoms with Gasteiger partial charge in [0, 0.05) is 30.0 Å². The zero-order chi connectivity index (χ0) is 13.6. The molecular formula is C13H19BrN2O2. The first-order valence-corrected chi connectivity index (χ1v) is 6.87. The summed E-state index contributed by atoms with van der Waals surface area (Å²) in [4.78, 5) is 15.4. The molecule has 5 heteroatoms. The van der Waals surface area contributed by atoms with Gasteiger partial charge in [-0.25, -0.2) is 0 Å². The van der Waals surface area contributed by atoms with E-state index in [1.54, 1.807) is 12.4 Å². The van der Waals surface area contributed by atoms with Crippen LogP contribution in [-0.2, 0) is 11.3 Å². The molecule has 0 radical (unpaired) electrons. The highest BCUT2D eigenvalue weighted by atomic mass is 79.9. The summed E-state index contributed by atoms with van der Waals surface area (Å²) in [5.74, 6) is -0.729. The van der Waals surface area contributed by atoms with Gasteiger partial charge in [-0.05, 0) is 40.4 Å². The number of pyridine rings is 1. The Labute approximate surface area is 116 Å². The zero-order valence-electron chi connectivity index (χ0n) is 10.7. The predicted molar refractivity (Wildman–Crippen MR) is 74.3 cm³/mol. The van der Waals surface area contributed by atoms with Gasteiger partial charge in [0.05, 0.1) is 5.41 Å². The van der Waals surface area contributed by atoms with Crippen molar-refractivity contribution in [3.8, 4) is 0 Å². The molecule has 0 bridgehead atoms. The Morgan fingerprint density at radius 2 is 2.11 bits per heavy atom. The fraction of sp³-hybridized carbons (Fsp3) is 0.538. The van der Waals surface area contributed by atoms with E-state index in [4.69, 9.17) is 0 Å². The zero-order valence-corrected chi connectivity index (χ0v) is 12.3. The van der Waals surface area contributed by atoms with Crippen LogP contribution in [0.2, 0.25) is 0 Å². The first kappa shape index (κ1) is 15.1. The van der Waals surface area contributed by atoms with Gasteiger partial charge < -0.3 is 10.4 Å². The van der Waals surface area contributed by atoms with E-state index >= 15 is 0 Å². The van der Waals surface area contributed by atoms with Gasteiger partial charge in [0.15, 0.2) is 0 Å². The molecule has 0 aliphatic rings. The van der Waals surface area contributed by atoms with Gasteiger partial charge >= 0.3 is 5.97 Å². The van der Waals surface area contributed by atoms with Gasteiger partial charge in [0.2, 0.25) is 0 Å². The van der Waals surface area contributed by atoms with E-state index in [-0.39, 0.29) is 0 Å². The normalized spacial score (nSPS) is 11.5. The van der Waals surface area contributed by atoms with Crippen LogP contribution in [0.3, 0.4) is 0 Å². The van der Waals surface area contributed by atoms with Crippen LogP contribution in [-0.4, -0.2) is 22.6 Å². The number of nitrogens with one attached hydrogen (secondary N) is 1. The maximum atomic E-state index is 11.3. The molecule has 0 aliphatic heterocycles. The molecule has 0 saturated heterocycles. The smallest absolute Gasteiger partial charge is 0.310 e. The highest BCUT2D eigenvalue weighted by Crippen LogP contribution is 2.25. The van der Waals surface area contributed by atoms with Crippen molar-refractivity contribution in [1.82, 2.24) is 10.3 Å². The fourth-order valence-corrected chi connectivity index (χ4v) is 2.29. The Morgan fingerprint density at radius 3 is 2.61 bits per heavy atom. The molecule has 18 heavy (non-hydrogen) atoms. The van der Waals surface area contributed by atoms with Crippen LogP contribution in [0.25, 0.3) is 0 Å². The Morgan fingerprint density at radius 1 is 1.44 bits per heavy atom. The Kier molecular flexibility index (Phi) is 5.75. The lowest BCUT2D eigenvalue weighted by Gasteiger charge is -2.27. The van der Waals surface area contributed by atoms with Crippen molar-refractivity contribution in [1.29, 1.82) is 0 Å². The van der Waals surface area contributed by atoms with E-state index in [1.165, 1.54) is 0 Å². The van der Waals surface area contributed by atoms with Crippen LogP contribution < -0.4 is 5.32 Å². The average molecular weight is 315 g/mol. The quantitative estimate of drug-likeness (QED) is 0.812. The molecule has 2 N–H and O–H groups in total. The molecule has 1 heterocycles. The Balaban J connectivity index is 2.57. The number of carboxylic acid groups (broad SMARTS) is 1. The second-order valence-corrected chi connectivity index (χ2v) is 5.32. The topological polar surface area (TPSA) is 62.2 Å². The lowest BCUT2D eigenvalue weighted by molar-refractivity contribution is -0.149. The summed E-state index contributed by atoms with van der Waals surface area (Å²) < 4.78 is 0.928. The number of hydrogen-bond donors (Lipinski definition) is 2. The van der Waals surface area contributed by atoms with Crippen molar-refractivity contribution in [2.45, 2.75) is 33.2 Å². The Hall–Kier alpha value is -0.940. The summed E-state index contributed by atoms with van der Waals surface area (Å²) in [6.07, 6.45) is 4.76. The molecule has 0 unspecified atom stereocenters. The molecule has 1 rings (SSSR count). The van der Waals surface area contributed by atoms with Gasteiger partial charge in [-0.3, -0.25) is 9.78 Å². The molecule has 0 aromatic carbocycles. The molecule has 1 aromatic heterocycles. The number of hydrogen-bond acceptors (Lipinski definition) is 3. The molecular weight excluding hydrogens is 296 g/mol. The third kappa shape index (κ3) is 3.78. The van der Waals surface area contributed by atoms with E-state index < -0.39 is 11.4 Å². The van der Waals surface area contributed by atoms with Gasteiger partial charge in [-0.15, -0.1) is 0 Å². The average Bonchev–Trinajstić information content (AvgIpc) is 2.35. The minimum absolute atomic E-state index is 0.474. The summed E-state index contributed by atoms with van der Waals surface area (Å²) in [6.45, 7) is 4.93. The molecule has 0 aliphatic carbocycles. The number of nitrogens with zero attached hydrogens (tertiary/aromatic N) is 1. The number of carbonyl (C=O) groups is 1. The van der Waals surface area contributed by atoms with Crippen molar-refractivity contribution in [3.63, 3.8) is 0 Å². The molecule has 0 atom stereocenters. The van der Waals surface area contributed by atoms with E-state index in [2.05, 4.69) is 26.2 Å². The van der Waals surface area contributed by atoms with Crippen LogP contribution >= 0.6 is 15.9 Å². The second kappa shape index (κ2) is 6.85.